The molecule has 0 spiro atoms. The molecule has 0 bridgehead atoms. The molecule has 2 atom stereocenters. The molecule has 0 heterocycles. The van der Waals surface area contributed by atoms with Gasteiger partial charge in [-0.25, -0.2) is 9.18 Å². The van der Waals surface area contributed by atoms with Gasteiger partial charge >= 0.3 is 6.09 Å². The lowest BCUT2D eigenvalue weighted by molar-refractivity contribution is -0.110. The Labute approximate surface area is 154 Å². The molecule has 0 saturated carbocycles. The number of hydrogen-bond acceptors (Lipinski definition) is 4. The fraction of sp³-hybridized carbons (Fsp3) is 0.579. The first-order chi connectivity index (χ1) is 12.2. The molecule has 1 aromatic carbocycles. The van der Waals surface area contributed by atoms with Gasteiger partial charge in [-0.1, -0.05) is 13.0 Å². The molecule has 2 amide bonds. The van der Waals surface area contributed by atoms with E-state index in [0.717, 1.165) is 0 Å². The average Bonchev–Trinajstić information content (AvgIpc) is 2.54. The van der Waals surface area contributed by atoms with Crippen LogP contribution in [-0.2, 0) is 9.53 Å². The Bertz CT molecular complexity index is 575. The van der Waals surface area contributed by atoms with Gasteiger partial charge in [-0.3, -0.25) is 4.79 Å². The second-order valence-electron chi connectivity index (χ2n) is 7.21. The predicted octanol–water partition coefficient (Wildman–Crippen LogP) is 3.26. The highest BCUT2D eigenvalue weighted by Gasteiger charge is 2.18. The van der Waals surface area contributed by atoms with E-state index in [-0.39, 0.29) is 17.8 Å². The molecular weight excluding hydrogens is 339 g/mol. The van der Waals surface area contributed by atoms with E-state index < -0.39 is 11.7 Å². The van der Waals surface area contributed by atoms with Gasteiger partial charge < -0.3 is 20.1 Å². The minimum atomic E-state index is -0.533. The van der Waals surface area contributed by atoms with Crippen molar-refractivity contribution >= 4 is 12.5 Å². The van der Waals surface area contributed by atoms with Crippen LogP contribution in [0.3, 0.4) is 0 Å². The lowest BCUT2D eigenvalue weighted by Gasteiger charge is -2.24. The van der Waals surface area contributed by atoms with E-state index in [1.54, 1.807) is 32.9 Å². The number of amides is 2. The Hall–Kier alpha value is -2.31. The fourth-order valence-electron chi connectivity index (χ4n) is 2.35. The summed E-state index contributed by atoms with van der Waals surface area (Å²) in [5.41, 5.74) is -0.533. The normalized spacial score (nSPS) is 13.4. The summed E-state index contributed by atoms with van der Waals surface area (Å²) in [5.74, 6) is 0.115. The highest BCUT2D eigenvalue weighted by molar-refractivity contribution is 5.67. The van der Waals surface area contributed by atoms with Crippen molar-refractivity contribution in [1.82, 2.24) is 10.6 Å². The number of ether oxygens (including phenoxy) is 2. The quantitative estimate of drug-likeness (QED) is 0.491. The molecular formula is C19H29FN2O4. The third kappa shape index (κ3) is 9.25. The molecule has 0 aliphatic carbocycles. The number of hydrogen-bond donors (Lipinski definition) is 2. The molecule has 26 heavy (non-hydrogen) atoms. The van der Waals surface area contributed by atoms with Crippen molar-refractivity contribution in [3.63, 3.8) is 0 Å². The Morgan fingerprint density at radius 2 is 2.08 bits per heavy atom. The Kier molecular flexibility index (Phi) is 8.88. The Balaban J connectivity index is 2.37. The van der Waals surface area contributed by atoms with Crippen LogP contribution in [0, 0.1) is 11.7 Å². The molecule has 146 valence electrons. The van der Waals surface area contributed by atoms with E-state index in [9.17, 15) is 14.0 Å². The SMILES string of the molecule is CC(COc1cccc(F)c1)C(CCCNC(=O)OC(C)(C)C)NC=O. The van der Waals surface area contributed by atoms with Crippen molar-refractivity contribution in [2.45, 2.75) is 52.2 Å². The summed E-state index contributed by atoms with van der Waals surface area (Å²) in [6.45, 7) is 8.14. The number of nitrogens with one attached hydrogen (secondary N) is 2. The zero-order chi connectivity index (χ0) is 19.6. The number of benzene rings is 1. The fourth-order valence-corrected chi connectivity index (χ4v) is 2.35. The molecule has 0 fully saturated rings. The summed E-state index contributed by atoms with van der Waals surface area (Å²) in [6.07, 6.45) is 1.54. The first-order valence-electron chi connectivity index (χ1n) is 8.76. The van der Waals surface area contributed by atoms with Gasteiger partial charge in [-0.2, -0.15) is 0 Å². The minimum Gasteiger partial charge on any atom is -0.493 e. The van der Waals surface area contributed by atoms with Crippen LogP contribution in [0.1, 0.15) is 40.5 Å². The van der Waals surface area contributed by atoms with Gasteiger partial charge in [0.25, 0.3) is 0 Å². The van der Waals surface area contributed by atoms with Gasteiger partial charge in [0.1, 0.15) is 17.2 Å². The molecule has 0 aliphatic rings. The van der Waals surface area contributed by atoms with Gasteiger partial charge in [0.15, 0.2) is 0 Å². The van der Waals surface area contributed by atoms with Crippen molar-refractivity contribution < 1.29 is 23.5 Å². The smallest absolute Gasteiger partial charge is 0.407 e. The third-order valence-corrected chi connectivity index (χ3v) is 3.64. The number of carbonyl (C=O) groups is 2. The molecule has 0 radical (unpaired) electrons. The molecule has 0 aliphatic heterocycles. The maximum Gasteiger partial charge on any atom is 0.407 e. The molecule has 2 unspecified atom stereocenters. The van der Waals surface area contributed by atoms with Crippen LogP contribution in [0.25, 0.3) is 0 Å². The molecule has 6 nitrogen and oxygen atoms in total. The number of halogens is 1. The van der Waals surface area contributed by atoms with E-state index in [1.165, 1.54) is 12.1 Å². The van der Waals surface area contributed by atoms with Crippen molar-refractivity contribution in [1.29, 1.82) is 0 Å². The number of rotatable bonds is 10. The number of carbonyl (C=O) groups excluding carboxylic acids is 2. The van der Waals surface area contributed by atoms with E-state index >= 15 is 0 Å². The molecule has 1 rings (SSSR count). The van der Waals surface area contributed by atoms with Gasteiger partial charge in [-0.15, -0.1) is 0 Å². The third-order valence-electron chi connectivity index (χ3n) is 3.64. The zero-order valence-electron chi connectivity index (χ0n) is 15.9. The first-order valence-corrected chi connectivity index (χ1v) is 8.76. The minimum absolute atomic E-state index is 0.0185. The van der Waals surface area contributed by atoms with Crippen LogP contribution in [0.5, 0.6) is 5.75 Å². The van der Waals surface area contributed by atoms with E-state index in [4.69, 9.17) is 9.47 Å². The van der Waals surface area contributed by atoms with Crippen molar-refractivity contribution in [3.05, 3.63) is 30.1 Å². The number of alkyl carbamates (subject to hydrolysis) is 1. The van der Waals surface area contributed by atoms with Gasteiger partial charge in [-0.05, 0) is 45.7 Å². The van der Waals surface area contributed by atoms with Crippen molar-refractivity contribution in [3.8, 4) is 5.75 Å². The van der Waals surface area contributed by atoms with E-state index in [0.29, 0.717) is 38.2 Å². The molecule has 2 N–H and O–H groups in total. The predicted molar refractivity (Wildman–Crippen MR) is 97.5 cm³/mol. The molecule has 0 saturated heterocycles. The summed E-state index contributed by atoms with van der Waals surface area (Å²) in [7, 11) is 0. The van der Waals surface area contributed by atoms with Gasteiger partial charge in [0, 0.05) is 24.6 Å². The maximum absolute atomic E-state index is 13.2. The zero-order valence-corrected chi connectivity index (χ0v) is 15.9. The second kappa shape index (κ2) is 10.6. The van der Waals surface area contributed by atoms with Crippen molar-refractivity contribution in [2.24, 2.45) is 5.92 Å². The van der Waals surface area contributed by atoms with Crippen LogP contribution >= 0.6 is 0 Å². The van der Waals surface area contributed by atoms with Gasteiger partial charge in [0.2, 0.25) is 6.41 Å². The monoisotopic (exact) mass is 368 g/mol. The summed E-state index contributed by atoms with van der Waals surface area (Å²) in [5, 5.41) is 5.47. The lowest BCUT2D eigenvalue weighted by Crippen LogP contribution is -2.38. The molecule has 1 aromatic rings. The summed E-state index contributed by atoms with van der Waals surface area (Å²) < 4.78 is 23.9. The largest absolute Gasteiger partial charge is 0.493 e. The highest BCUT2D eigenvalue weighted by atomic mass is 19.1. The van der Waals surface area contributed by atoms with Crippen LogP contribution < -0.4 is 15.4 Å². The Morgan fingerprint density at radius 3 is 2.69 bits per heavy atom. The van der Waals surface area contributed by atoms with E-state index in [1.807, 2.05) is 6.92 Å². The van der Waals surface area contributed by atoms with Crippen molar-refractivity contribution in [2.75, 3.05) is 13.2 Å². The second-order valence-corrected chi connectivity index (χ2v) is 7.21. The topological polar surface area (TPSA) is 76.7 Å². The Morgan fingerprint density at radius 1 is 1.35 bits per heavy atom. The van der Waals surface area contributed by atoms with Crippen LogP contribution in [0.4, 0.5) is 9.18 Å². The van der Waals surface area contributed by atoms with Gasteiger partial charge in [0.05, 0.1) is 6.61 Å². The first kappa shape index (κ1) is 21.7. The highest BCUT2D eigenvalue weighted by Crippen LogP contribution is 2.15. The van der Waals surface area contributed by atoms with E-state index in [2.05, 4.69) is 10.6 Å². The van der Waals surface area contributed by atoms with Crippen LogP contribution in [0.2, 0.25) is 0 Å². The average molecular weight is 368 g/mol. The molecule has 7 heteroatoms. The standard InChI is InChI=1S/C19H29FN2O4/c1-14(12-25-16-8-5-7-15(20)11-16)17(22-13-23)9-6-10-21-18(24)26-19(2,3)4/h5,7-8,11,13-14,17H,6,9-10,12H2,1-4H3,(H,21,24)(H,22,23). The van der Waals surface area contributed by atoms with Crippen LogP contribution in [0.15, 0.2) is 24.3 Å². The lowest BCUT2D eigenvalue weighted by atomic mass is 9.98. The summed E-state index contributed by atoms with van der Waals surface area (Å²) >= 11 is 0. The van der Waals surface area contributed by atoms with Crippen LogP contribution in [-0.4, -0.2) is 37.3 Å². The maximum atomic E-state index is 13.2. The summed E-state index contributed by atoms with van der Waals surface area (Å²) in [4.78, 5) is 22.4. The summed E-state index contributed by atoms with van der Waals surface area (Å²) in [6, 6.07) is 5.83. The molecule has 0 aromatic heterocycles.